The van der Waals surface area contributed by atoms with Crippen LogP contribution in [0.1, 0.15) is 46.8 Å². The molecule has 10 nitrogen and oxygen atoms in total. The first-order valence-electron chi connectivity index (χ1n) is 12.7. The highest BCUT2D eigenvalue weighted by molar-refractivity contribution is 6.12. The van der Waals surface area contributed by atoms with Gasteiger partial charge in [0.15, 0.2) is 5.60 Å². The predicted octanol–water partition coefficient (Wildman–Crippen LogP) is 3.86. The van der Waals surface area contributed by atoms with E-state index in [2.05, 4.69) is 10.6 Å². The molecule has 0 saturated heterocycles. The van der Waals surface area contributed by atoms with Crippen molar-refractivity contribution in [3.05, 3.63) is 95.1 Å². The van der Waals surface area contributed by atoms with E-state index in [0.717, 1.165) is 4.90 Å². The van der Waals surface area contributed by atoms with Crippen LogP contribution in [0.15, 0.2) is 72.8 Å². The Bertz CT molecular complexity index is 1640. The summed E-state index contributed by atoms with van der Waals surface area (Å²) in [4.78, 5) is 61.8. The van der Waals surface area contributed by atoms with Gasteiger partial charge < -0.3 is 20.1 Å². The van der Waals surface area contributed by atoms with Crippen LogP contribution >= 0.6 is 0 Å². The number of carbonyl (C=O) groups is 5. The molecule has 1 spiro atoms. The number of hydrogen-bond acceptors (Lipinski definition) is 7. The summed E-state index contributed by atoms with van der Waals surface area (Å²) in [5.41, 5.74) is 1.97. The van der Waals surface area contributed by atoms with E-state index in [9.17, 15) is 24.0 Å². The second-order valence-corrected chi connectivity index (χ2v) is 9.63. The minimum absolute atomic E-state index is 0.0901. The zero-order chi connectivity index (χ0) is 28.0. The summed E-state index contributed by atoms with van der Waals surface area (Å²) in [7, 11) is 0. The van der Waals surface area contributed by atoms with Gasteiger partial charge >= 0.3 is 5.97 Å². The summed E-state index contributed by atoms with van der Waals surface area (Å²) in [5, 5.41) is 5.56. The first-order valence-corrected chi connectivity index (χ1v) is 12.7. The number of amides is 4. The summed E-state index contributed by atoms with van der Waals surface area (Å²) < 4.78 is 12.4. The molecule has 0 bridgehead atoms. The quantitative estimate of drug-likeness (QED) is 0.361. The molecule has 3 aliphatic rings. The van der Waals surface area contributed by atoms with Gasteiger partial charge in [-0.05, 0) is 36.8 Å². The Balaban J connectivity index is 1.31. The van der Waals surface area contributed by atoms with Gasteiger partial charge in [-0.3, -0.25) is 24.1 Å². The molecule has 0 saturated carbocycles. The van der Waals surface area contributed by atoms with Crippen molar-refractivity contribution in [1.82, 2.24) is 4.90 Å². The summed E-state index contributed by atoms with van der Waals surface area (Å²) in [6, 6.07) is 17.4. The number of anilines is 2. The molecule has 3 aliphatic heterocycles. The number of nitrogens with zero attached hydrogens (tertiary/aromatic N) is 1. The topological polar surface area (TPSA) is 131 Å². The molecule has 1 unspecified atom stereocenters. The van der Waals surface area contributed by atoms with E-state index >= 15 is 0 Å². The maximum absolute atomic E-state index is 13.0. The zero-order valence-electron chi connectivity index (χ0n) is 21.4. The van der Waals surface area contributed by atoms with Crippen LogP contribution in [0.2, 0.25) is 0 Å². The SMILES string of the molecule is CC(=O)Nc1ccc2c(c1)Oc1cc(NC(=O)CCCN3C(=O)C=CC3=O)ccc1C21OC(=O)c2ccccc21. The van der Waals surface area contributed by atoms with Gasteiger partial charge in [-0.15, -0.1) is 0 Å². The van der Waals surface area contributed by atoms with Crippen molar-refractivity contribution in [1.29, 1.82) is 0 Å². The fourth-order valence-electron chi connectivity index (χ4n) is 5.31. The summed E-state index contributed by atoms with van der Waals surface area (Å²) in [5.74, 6) is -1.03. The molecule has 200 valence electrons. The maximum Gasteiger partial charge on any atom is 0.340 e. The molecule has 4 amide bonds. The van der Waals surface area contributed by atoms with E-state index < -0.39 is 11.6 Å². The summed E-state index contributed by atoms with van der Waals surface area (Å²) in [6.07, 6.45) is 2.81. The summed E-state index contributed by atoms with van der Waals surface area (Å²) in [6.45, 7) is 1.55. The third kappa shape index (κ3) is 4.10. The molecule has 2 N–H and O–H groups in total. The van der Waals surface area contributed by atoms with Crippen molar-refractivity contribution in [2.24, 2.45) is 0 Å². The number of esters is 1. The van der Waals surface area contributed by atoms with Crippen molar-refractivity contribution in [2.45, 2.75) is 25.4 Å². The fraction of sp³-hybridized carbons (Fsp3) is 0.167. The number of ether oxygens (including phenoxy) is 2. The van der Waals surface area contributed by atoms with Crippen LogP contribution in [-0.4, -0.2) is 41.0 Å². The molecular formula is C30H23N3O7. The number of imide groups is 1. The smallest absolute Gasteiger partial charge is 0.340 e. The Hall–Kier alpha value is -5.25. The first-order chi connectivity index (χ1) is 19.3. The molecule has 1 atom stereocenters. The van der Waals surface area contributed by atoms with Gasteiger partial charge in [-0.1, -0.05) is 18.2 Å². The molecule has 3 heterocycles. The third-order valence-corrected chi connectivity index (χ3v) is 7.00. The third-order valence-electron chi connectivity index (χ3n) is 7.00. The lowest BCUT2D eigenvalue weighted by Crippen LogP contribution is -2.33. The molecule has 3 aromatic carbocycles. The van der Waals surface area contributed by atoms with Gasteiger partial charge in [0, 0.05) is 72.2 Å². The Morgan fingerprint density at radius 3 is 2.10 bits per heavy atom. The highest BCUT2D eigenvalue weighted by atomic mass is 16.6. The van der Waals surface area contributed by atoms with E-state index in [4.69, 9.17) is 9.47 Å². The van der Waals surface area contributed by atoms with Gasteiger partial charge in [-0.2, -0.15) is 0 Å². The number of benzene rings is 3. The molecule has 6 rings (SSSR count). The minimum Gasteiger partial charge on any atom is -0.456 e. The lowest BCUT2D eigenvalue weighted by Gasteiger charge is -2.36. The lowest BCUT2D eigenvalue weighted by molar-refractivity contribution is -0.137. The van der Waals surface area contributed by atoms with Crippen LogP contribution in [0.5, 0.6) is 11.5 Å². The Labute approximate surface area is 228 Å². The first kappa shape index (κ1) is 25.1. The molecule has 0 aliphatic carbocycles. The molecule has 0 fully saturated rings. The second kappa shape index (κ2) is 9.49. The number of hydrogen-bond donors (Lipinski definition) is 2. The van der Waals surface area contributed by atoms with Crippen LogP contribution < -0.4 is 15.4 Å². The average Bonchev–Trinajstić information content (AvgIpc) is 3.40. The van der Waals surface area contributed by atoms with E-state index in [1.807, 2.05) is 12.1 Å². The number of fused-ring (bicyclic) bond motifs is 6. The normalized spacial score (nSPS) is 18.1. The monoisotopic (exact) mass is 537 g/mol. The molecule has 10 heteroatoms. The molecular weight excluding hydrogens is 514 g/mol. The van der Waals surface area contributed by atoms with E-state index in [1.165, 1.54) is 19.1 Å². The standard InChI is InChI=1S/C30H23N3O7/c1-17(34)31-18-8-10-22-24(15-18)39-25-16-19(32-26(35)7-4-14-33-27(36)12-13-28(33)37)9-11-23(25)30(22)21-6-3-2-5-20(21)29(38)40-30/h2-3,5-6,8-13,15-16H,4,7,14H2,1H3,(H,31,34)(H,32,35). The highest BCUT2D eigenvalue weighted by Crippen LogP contribution is 2.56. The van der Waals surface area contributed by atoms with Crippen molar-refractivity contribution < 1.29 is 33.4 Å². The van der Waals surface area contributed by atoms with E-state index in [1.54, 1.807) is 48.5 Å². The van der Waals surface area contributed by atoms with Crippen LogP contribution in [-0.2, 0) is 29.5 Å². The largest absolute Gasteiger partial charge is 0.456 e. The second-order valence-electron chi connectivity index (χ2n) is 9.63. The summed E-state index contributed by atoms with van der Waals surface area (Å²) >= 11 is 0. The lowest BCUT2D eigenvalue weighted by atomic mass is 9.77. The van der Waals surface area contributed by atoms with Crippen molar-refractivity contribution >= 4 is 41.0 Å². The van der Waals surface area contributed by atoms with Crippen molar-refractivity contribution in [2.75, 3.05) is 17.2 Å². The number of nitrogens with one attached hydrogen (secondary N) is 2. The minimum atomic E-state index is -1.28. The molecule has 0 aromatic heterocycles. The van der Waals surface area contributed by atoms with Gasteiger partial charge in [0.25, 0.3) is 11.8 Å². The van der Waals surface area contributed by atoms with Gasteiger partial charge in [0.05, 0.1) is 5.56 Å². The van der Waals surface area contributed by atoms with E-state index in [0.29, 0.717) is 51.5 Å². The molecule has 0 radical (unpaired) electrons. The van der Waals surface area contributed by atoms with E-state index in [-0.39, 0.29) is 36.6 Å². The van der Waals surface area contributed by atoms with Crippen LogP contribution in [0, 0.1) is 0 Å². The van der Waals surface area contributed by atoms with Gasteiger partial charge in [0.1, 0.15) is 11.5 Å². The highest BCUT2D eigenvalue weighted by Gasteiger charge is 2.53. The van der Waals surface area contributed by atoms with Crippen LogP contribution in [0.25, 0.3) is 0 Å². The number of rotatable bonds is 6. The zero-order valence-corrected chi connectivity index (χ0v) is 21.4. The Kier molecular flexibility index (Phi) is 5.95. The number of carbonyl (C=O) groups excluding carboxylic acids is 5. The fourth-order valence-corrected chi connectivity index (χ4v) is 5.31. The predicted molar refractivity (Wildman–Crippen MR) is 143 cm³/mol. The van der Waals surface area contributed by atoms with Gasteiger partial charge in [-0.25, -0.2) is 4.79 Å². The maximum atomic E-state index is 13.0. The molecule has 3 aromatic rings. The van der Waals surface area contributed by atoms with Crippen LogP contribution in [0.3, 0.4) is 0 Å². The Morgan fingerprint density at radius 1 is 0.825 bits per heavy atom. The van der Waals surface area contributed by atoms with Crippen molar-refractivity contribution in [3.63, 3.8) is 0 Å². The molecule has 40 heavy (non-hydrogen) atoms. The van der Waals surface area contributed by atoms with Crippen molar-refractivity contribution in [3.8, 4) is 11.5 Å². The van der Waals surface area contributed by atoms with Crippen LogP contribution in [0.4, 0.5) is 11.4 Å². The Morgan fingerprint density at radius 2 is 1.45 bits per heavy atom. The average molecular weight is 538 g/mol. The van der Waals surface area contributed by atoms with Gasteiger partial charge in [0.2, 0.25) is 11.8 Å².